The molecule has 0 saturated heterocycles. The first-order chi connectivity index (χ1) is 5.74. The van der Waals surface area contributed by atoms with E-state index in [-0.39, 0.29) is 0 Å². The van der Waals surface area contributed by atoms with E-state index in [0.717, 1.165) is 10.0 Å². The lowest BCUT2D eigenvalue weighted by atomic mass is 10.1. The summed E-state index contributed by atoms with van der Waals surface area (Å²) in [5.41, 5.74) is 2.26. The third-order valence-corrected chi connectivity index (χ3v) is 2.27. The molecule has 1 rings (SSSR count). The van der Waals surface area contributed by atoms with Gasteiger partial charge < -0.3 is 0 Å². The topological polar surface area (TPSA) is 0 Å². The van der Waals surface area contributed by atoms with Crippen LogP contribution >= 0.6 is 28.6 Å². The van der Waals surface area contributed by atoms with E-state index in [1.54, 1.807) is 0 Å². The minimum atomic E-state index is 0.598. The van der Waals surface area contributed by atoms with Crippen molar-refractivity contribution in [2.75, 3.05) is 5.75 Å². The van der Waals surface area contributed by atoms with Crippen molar-refractivity contribution >= 4 is 28.6 Å². The fraction of sp³-hybridized carbons (Fsp3) is 0.200. The first kappa shape index (κ1) is 9.70. The summed E-state index contributed by atoms with van der Waals surface area (Å²) in [6, 6.07) is 6.12. The first-order valence-electron chi connectivity index (χ1n) is 3.60. The highest BCUT2D eigenvalue weighted by Crippen LogP contribution is 2.16. The van der Waals surface area contributed by atoms with Gasteiger partial charge in [-0.2, -0.15) is 12.6 Å². The highest BCUT2D eigenvalue weighted by molar-refractivity contribution is 9.10. The summed E-state index contributed by atoms with van der Waals surface area (Å²) in [5, 5.41) is 0. The summed E-state index contributed by atoms with van der Waals surface area (Å²) >= 11 is 7.46. The number of hydrogen-bond donors (Lipinski definition) is 1. The molecule has 1 aromatic rings. The van der Waals surface area contributed by atoms with Crippen molar-refractivity contribution in [2.45, 2.75) is 6.92 Å². The molecular weight excluding hydrogens is 232 g/mol. The van der Waals surface area contributed by atoms with Crippen LogP contribution in [0.15, 0.2) is 22.7 Å². The molecule has 0 radical (unpaired) electrons. The van der Waals surface area contributed by atoms with E-state index in [1.165, 1.54) is 5.56 Å². The average molecular weight is 241 g/mol. The lowest BCUT2D eigenvalue weighted by Gasteiger charge is -1.96. The molecule has 0 unspecified atom stereocenters. The van der Waals surface area contributed by atoms with Crippen LogP contribution < -0.4 is 0 Å². The fourth-order valence-corrected chi connectivity index (χ4v) is 1.29. The molecule has 0 bridgehead atoms. The third-order valence-electron chi connectivity index (χ3n) is 1.42. The summed E-state index contributed by atoms with van der Waals surface area (Å²) in [6.45, 7) is 2.05. The van der Waals surface area contributed by atoms with E-state index >= 15 is 0 Å². The highest BCUT2D eigenvalue weighted by atomic mass is 79.9. The Labute approximate surface area is 86.9 Å². The monoisotopic (exact) mass is 240 g/mol. The average Bonchev–Trinajstić information content (AvgIpc) is 2.07. The zero-order chi connectivity index (χ0) is 8.97. The van der Waals surface area contributed by atoms with Crippen molar-refractivity contribution in [3.63, 3.8) is 0 Å². The molecule has 62 valence electrons. The van der Waals surface area contributed by atoms with Gasteiger partial charge in [0.2, 0.25) is 0 Å². The maximum absolute atomic E-state index is 4.02. The molecule has 0 amide bonds. The van der Waals surface area contributed by atoms with Gasteiger partial charge in [-0.05, 0) is 40.5 Å². The van der Waals surface area contributed by atoms with Gasteiger partial charge in [-0.15, -0.1) is 0 Å². The van der Waals surface area contributed by atoms with Gasteiger partial charge in [0.15, 0.2) is 0 Å². The second kappa shape index (κ2) is 4.59. The van der Waals surface area contributed by atoms with Gasteiger partial charge in [0, 0.05) is 10.0 Å². The molecule has 0 heterocycles. The standard InChI is InChI=1S/C10H9BrS/c1-8-4-5-10(11)9(7-8)3-2-6-12/h4-5,7,12H,6H2,1H3. The molecule has 0 aromatic heterocycles. The zero-order valence-corrected chi connectivity index (χ0v) is 9.24. The molecule has 0 atom stereocenters. The largest absolute Gasteiger partial charge is 0.166 e. The summed E-state index contributed by atoms with van der Waals surface area (Å²) in [6.07, 6.45) is 0. The van der Waals surface area contributed by atoms with E-state index < -0.39 is 0 Å². The Hall–Kier alpha value is -0.390. The van der Waals surface area contributed by atoms with Crippen molar-refractivity contribution < 1.29 is 0 Å². The SMILES string of the molecule is Cc1ccc(Br)c(C#CCS)c1. The Balaban J connectivity index is 3.05. The van der Waals surface area contributed by atoms with Crippen molar-refractivity contribution in [3.8, 4) is 11.8 Å². The summed E-state index contributed by atoms with van der Waals surface area (Å²) in [7, 11) is 0. The van der Waals surface area contributed by atoms with Gasteiger partial charge in [-0.1, -0.05) is 17.9 Å². The van der Waals surface area contributed by atoms with Gasteiger partial charge in [0.05, 0.1) is 5.75 Å². The van der Waals surface area contributed by atoms with Crippen LogP contribution in [0.2, 0.25) is 0 Å². The van der Waals surface area contributed by atoms with Crippen LogP contribution in [0.1, 0.15) is 11.1 Å². The number of halogens is 1. The van der Waals surface area contributed by atoms with Crippen LogP contribution in [-0.2, 0) is 0 Å². The lowest BCUT2D eigenvalue weighted by molar-refractivity contribution is 1.43. The molecule has 2 heteroatoms. The number of thiol groups is 1. The van der Waals surface area contributed by atoms with E-state index in [9.17, 15) is 0 Å². The van der Waals surface area contributed by atoms with Crippen molar-refractivity contribution in [1.82, 2.24) is 0 Å². The zero-order valence-electron chi connectivity index (χ0n) is 6.76. The van der Waals surface area contributed by atoms with Crippen LogP contribution in [0.3, 0.4) is 0 Å². The third kappa shape index (κ3) is 2.58. The summed E-state index contributed by atoms with van der Waals surface area (Å²) in [5.74, 6) is 6.54. The maximum atomic E-state index is 4.02. The molecule has 0 aliphatic heterocycles. The van der Waals surface area contributed by atoms with Gasteiger partial charge in [-0.3, -0.25) is 0 Å². The highest BCUT2D eigenvalue weighted by Gasteiger charge is 1.94. The van der Waals surface area contributed by atoms with Crippen molar-refractivity contribution in [3.05, 3.63) is 33.8 Å². The minimum Gasteiger partial charge on any atom is -0.166 e. The second-order valence-corrected chi connectivity index (χ2v) is 3.61. The lowest BCUT2D eigenvalue weighted by Crippen LogP contribution is -1.79. The smallest absolute Gasteiger partial charge is 0.0521 e. The normalized spacial score (nSPS) is 8.92. The minimum absolute atomic E-state index is 0.598. The molecule has 0 nitrogen and oxygen atoms in total. The number of benzene rings is 1. The van der Waals surface area contributed by atoms with Crippen molar-refractivity contribution in [2.24, 2.45) is 0 Å². The molecule has 1 aromatic carbocycles. The maximum Gasteiger partial charge on any atom is 0.0521 e. The van der Waals surface area contributed by atoms with Crippen molar-refractivity contribution in [1.29, 1.82) is 0 Å². The van der Waals surface area contributed by atoms with Crippen LogP contribution in [0.4, 0.5) is 0 Å². The molecule has 0 aliphatic rings. The molecule has 0 N–H and O–H groups in total. The quantitative estimate of drug-likeness (QED) is 0.523. The molecule has 0 aliphatic carbocycles. The van der Waals surface area contributed by atoms with E-state index in [2.05, 4.69) is 59.5 Å². The number of aryl methyl sites for hydroxylation is 1. The Morgan fingerprint density at radius 2 is 2.25 bits per heavy atom. The first-order valence-corrected chi connectivity index (χ1v) is 5.02. The van der Waals surface area contributed by atoms with Gasteiger partial charge in [0.25, 0.3) is 0 Å². The Morgan fingerprint density at radius 1 is 1.50 bits per heavy atom. The van der Waals surface area contributed by atoms with Gasteiger partial charge in [0.1, 0.15) is 0 Å². The van der Waals surface area contributed by atoms with E-state index in [4.69, 9.17) is 0 Å². The van der Waals surface area contributed by atoms with Crippen LogP contribution in [0.5, 0.6) is 0 Å². The van der Waals surface area contributed by atoms with E-state index in [1.807, 2.05) is 6.07 Å². The predicted molar refractivity (Wildman–Crippen MR) is 59.6 cm³/mol. The van der Waals surface area contributed by atoms with E-state index in [0.29, 0.717) is 5.75 Å². The molecule has 12 heavy (non-hydrogen) atoms. The second-order valence-electron chi connectivity index (χ2n) is 2.44. The summed E-state index contributed by atoms with van der Waals surface area (Å²) in [4.78, 5) is 0. The molecular formula is C10H9BrS. The fourth-order valence-electron chi connectivity index (χ4n) is 0.870. The Kier molecular flexibility index (Phi) is 3.71. The Morgan fingerprint density at radius 3 is 2.92 bits per heavy atom. The predicted octanol–water partition coefficient (Wildman–Crippen LogP) is 3.04. The van der Waals surface area contributed by atoms with Gasteiger partial charge >= 0.3 is 0 Å². The number of rotatable bonds is 0. The van der Waals surface area contributed by atoms with Gasteiger partial charge in [-0.25, -0.2) is 0 Å². The van der Waals surface area contributed by atoms with Crippen LogP contribution in [0, 0.1) is 18.8 Å². The van der Waals surface area contributed by atoms with Crippen LogP contribution in [-0.4, -0.2) is 5.75 Å². The molecule has 0 fully saturated rings. The summed E-state index contributed by atoms with van der Waals surface area (Å²) < 4.78 is 1.04. The Bertz CT molecular complexity index is 333. The molecule has 0 spiro atoms. The van der Waals surface area contributed by atoms with Crippen LogP contribution in [0.25, 0.3) is 0 Å². The molecule has 0 saturated carbocycles. The number of hydrogen-bond acceptors (Lipinski definition) is 1.